The normalized spacial score (nSPS) is 12.9. The summed E-state index contributed by atoms with van der Waals surface area (Å²) in [4.78, 5) is 11.6. The van der Waals surface area contributed by atoms with E-state index in [9.17, 15) is 4.39 Å². The lowest BCUT2D eigenvalue weighted by atomic mass is 10.1. The standard InChI is InChI=1S/C22H21FN6O/c1-30-17-7-5-14(6-8-17)13-29-10-9-18-19-20(28-27-18)25-22(26-21(19)29)24-12-15-3-2-4-16(23)11-15/h2-8,11H,9-10,12-13H2,1H3,(H2,24,25,26,27,28). The van der Waals surface area contributed by atoms with Gasteiger partial charge in [0.25, 0.3) is 0 Å². The molecule has 0 saturated heterocycles. The molecule has 0 aliphatic carbocycles. The van der Waals surface area contributed by atoms with Crippen LogP contribution in [0.2, 0.25) is 0 Å². The van der Waals surface area contributed by atoms with Crippen LogP contribution in [0.5, 0.6) is 5.75 Å². The molecule has 8 heteroatoms. The van der Waals surface area contributed by atoms with Gasteiger partial charge in [0, 0.05) is 26.1 Å². The molecule has 0 fully saturated rings. The van der Waals surface area contributed by atoms with Crippen molar-refractivity contribution in [2.24, 2.45) is 0 Å². The van der Waals surface area contributed by atoms with Crippen molar-refractivity contribution >= 4 is 22.8 Å². The molecule has 2 aromatic carbocycles. The van der Waals surface area contributed by atoms with E-state index in [1.54, 1.807) is 13.2 Å². The van der Waals surface area contributed by atoms with Crippen molar-refractivity contribution in [3.8, 4) is 5.75 Å². The van der Waals surface area contributed by atoms with Gasteiger partial charge in [-0.05, 0) is 35.4 Å². The van der Waals surface area contributed by atoms with E-state index in [0.717, 1.165) is 47.7 Å². The molecule has 152 valence electrons. The van der Waals surface area contributed by atoms with Gasteiger partial charge in [-0.3, -0.25) is 5.10 Å². The van der Waals surface area contributed by atoms with Crippen molar-refractivity contribution in [2.75, 3.05) is 23.9 Å². The minimum Gasteiger partial charge on any atom is -0.497 e. The number of nitrogens with zero attached hydrogens (tertiary/aromatic N) is 4. The maximum atomic E-state index is 13.4. The molecule has 0 spiro atoms. The Labute approximate surface area is 172 Å². The first-order valence-electron chi connectivity index (χ1n) is 9.81. The van der Waals surface area contributed by atoms with Gasteiger partial charge in [0.15, 0.2) is 5.65 Å². The topological polar surface area (TPSA) is 79.0 Å². The second-order valence-corrected chi connectivity index (χ2v) is 7.27. The van der Waals surface area contributed by atoms with Crippen molar-refractivity contribution in [1.29, 1.82) is 0 Å². The summed E-state index contributed by atoms with van der Waals surface area (Å²) in [6.45, 7) is 1.99. The predicted octanol–water partition coefficient (Wildman–Crippen LogP) is 3.68. The van der Waals surface area contributed by atoms with E-state index >= 15 is 0 Å². The number of aromatic amines is 1. The number of benzene rings is 2. The Morgan fingerprint density at radius 1 is 1.13 bits per heavy atom. The maximum Gasteiger partial charge on any atom is 0.227 e. The summed E-state index contributed by atoms with van der Waals surface area (Å²) in [5.74, 6) is 1.90. The Kier molecular flexibility index (Phi) is 4.66. The monoisotopic (exact) mass is 404 g/mol. The number of nitrogens with one attached hydrogen (secondary N) is 2. The third-order valence-electron chi connectivity index (χ3n) is 5.27. The minimum atomic E-state index is -0.261. The first-order valence-corrected chi connectivity index (χ1v) is 9.81. The van der Waals surface area contributed by atoms with Crippen molar-refractivity contribution in [3.63, 3.8) is 0 Å². The van der Waals surface area contributed by atoms with Crippen LogP contribution in [0.25, 0.3) is 11.0 Å². The van der Waals surface area contributed by atoms with Gasteiger partial charge < -0.3 is 15.0 Å². The molecule has 0 unspecified atom stereocenters. The second-order valence-electron chi connectivity index (χ2n) is 7.27. The van der Waals surface area contributed by atoms with Crippen LogP contribution in [0, 0.1) is 5.82 Å². The number of hydrogen-bond donors (Lipinski definition) is 2. The van der Waals surface area contributed by atoms with E-state index in [2.05, 4.69) is 37.5 Å². The number of hydrogen-bond acceptors (Lipinski definition) is 6. The van der Waals surface area contributed by atoms with Gasteiger partial charge in [-0.25, -0.2) is 4.39 Å². The van der Waals surface area contributed by atoms with Gasteiger partial charge in [-0.2, -0.15) is 15.1 Å². The molecule has 2 aromatic heterocycles. The molecule has 0 radical (unpaired) electrons. The largest absolute Gasteiger partial charge is 0.497 e. The van der Waals surface area contributed by atoms with Crippen LogP contribution >= 0.6 is 0 Å². The Morgan fingerprint density at radius 3 is 2.80 bits per heavy atom. The van der Waals surface area contributed by atoms with Crippen molar-refractivity contribution in [2.45, 2.75) is 19.5 Å². The highest BCUT2D eigenvalue weighted by atomic mass is 19.1. The van der Waals surface area contributed by atoms with E-state index in [-0.39, 0.29) is 5.82 Å². The molecule has 0 saturated carbocycles. The van der Waals surface area contributed by atoms with Crippen molar-refractivity contribution < 1.29 is 9.13 Å². The Bertz CT molecular complexity index is 1190. The molecular weight excluding hydrogens is 383 g/mol. The summed E-state index contributed by atoms with van der Waals surface area (Å²) in [6, 6.07) is 14.5. The molecule has 0 atom stereocenters. The third kappa shape index (κ3) is 3.52. The van der Waals surface area contributed by atoms with Crippen LogP contribution in [-0.4, -0.2) is 33.8 Å². The van der Waals surface area contributed by atoms with E-state index in [1.807, 2.05) is 18.2 Å². The number of aromatic nitrogens is 4. The number of anilines is 2. The Balaban J connectivity index is 1.43. The highest BCUT2D eigenvalue weighted by Crippen LogP contribution is 2.32. The van der Waals surface area contributed by atoms with Crippen LogP contribution in [0.15, 0.2) is 48.5 Å². The summed E-state index contributed by atoms with van der Waals surface area (Å²) >= 11 is 0. The lowest BCUT2D eigenvalue weighted by Crippen LogP contribution is -2.29. The summed E-state index contributed by atoms with van der Waals surface area (Å²) in [5, 5.41) is 11.6. The van der Waals surface area contributed by atoms with Gasteiger partial charge >= 0.3 is 0 Å². The molecular formula is C22H21FN6O. The molecule has 30 heavy (non-hydrogen) atoms. The zero-order chi connectivity index (χ0) is 20.5. The summed E-state index contributed by atoms with van der Waals surface area (Å²) in [7, 11) is 1.66. The molecule has 0 bridgehead atoms. The fraction of sp³-hybridized carbons (Fsp3) is 0.227. The van der Waals surface area contributed by atoms with E-state index in [4.69, 9.17) is 9.72 Å². The fourth-order valence-corrected chi connectivity index (χ4v) is 3.74. The summed E-state index contributed by atoms with van der Waals surface area (Å²) in [5.41, 5.74) is 3.69. The van der Waals surface area contributed by atoms with Crippen molar-refractivity contribution in [3.05, 3.63) is 71.2 Å². The SMILES string of the molecule is COc1ccc(CN2CCc3[nH]nc4nc(NCc5cccc(F)c5)nc2c34)cc1. The van der Waals surface area contributed by atoms with Gasteiger partial charge in [0.05, 0.1) is 18.2 Å². The highest BCUT2D eigenvalue weighted by molar-refractivity contribution is 5.91. The molecule has 5 rings (SSSR count). The molecule has 1 aliphatic rings. The highest BCUT2D eigenvalue weighted by Gasteiger charge is 2.24. The number of ether oxygens (including phenoxy) is 1. The number of methoxy groups -OCH3 is 1. The molecule has 4 aromatic rings. The lowest BCUT2D eigenvalue weighted by Gasteiger charge is -2.28. The van der Waals surface area contributed by atoms with Gasteiger partial charge in [0.1, 0.15) is 17.4 Å². The first kappa shape index (κ1) is 18.4. The molecule has 1 aliphatic heterocycles. The predicted molar refractivity (Wildman–Crippen MR) is 113 cm³/mol. The molecule has 2 N–H and O–H groups in total. The maximum absolute atomic E-state index is 13.4. The lowest BCUT2D eigenvalue weighted by molar-refractivity contribution is 0.414. The van der Waals surface area contributed by atoms with Crippen LogP contribution < -0.4 is 15.0 Å². The smallest absolute Gasteiger partial charge is 0.227 e. The third-order valence-corrected chi connectivity index (χ3v) is 5.27. The molecule has 0 amide bonds. The second kappa shape index (κ2) is 7.62. The number of H-pyrrole nitrogens is 1. The number of rotatable bonds is 6. The summed E-state index contributed by atoms with van der Waals surface area (Å²) in [6.07, 6.45) is 0.860. The van der Waals surface area contributed by atoms with Crippen LogP contribution in [-0.2, 0) is 19.5 Å². The van der Waals surface area contributed by atoms with E-state index in [1.165, 1.54) is 17.7 Å². The van der Waals surface area contributed by atoms with Crippen LogP contribution in [0.1, 0.15) is 16.8 Å². The average Bonchev–Trinajstić information content (AvgIpc) is 3.19. The number of halogens is 1. The zero-order valence-corrected chi connectivity index (χ0v) is 16.5. The van der Waals surface area contributed by atoms with E-state index in [0.29, 0.717) is 18.1 Å². The first-order chi connectivity index (χ1) is 14.7. The van der Waals surface area contributed by atoms with Gasteiger partial charge in [-0.15, -0.1) is 0 Å². The Morgan fingerprint density at radius 2 is 2.00 bits per heavy atom. The zero-order valence-electron chi connectivity index (χ0n) is 16.5. The van der Waals surface area contributed by atoms with Crippen LogP contribution in [0.3, 0.4) is 0 Å². The molecule has 3 heterocycles. The minimum absolute atomic E-state index is 0.261. The van der Waals surface area contributed by atoms with E-state index < -0.39 is 0 Å². The van der Waals surface area contributed by atoms with Crippen molar-refractivity contribution in [1.82, 2.24) is 20.2 Å². The van der Waals surface area contributed by atoms with Gasteiger partial charge in [0.2, 0.25) is 5.95 Å². The van der Waals surface area contributed by atoms with Gasteiger partial charge in [-0.1, -0.05) is 24.3 Å². The summed E-state index contributed by atoms with van der Waals surface area (Å²) < 4.78 is 18.7. The van der Waals surface area contributed by atoms with Crippen LogP contribution in [0.4, 0.5) is 16.2 Å². The average molecular weight is 404 g/mol. The molecule has 7 nitrogen and oxygen atoms in total. The fourth-order valence-electron chi connectivity index (χ4n) is 3.74. The Hall–Kier alpha value is -3.68. The quantitative estimate of drug-likeness (QED) is 0.510.